The summed E-state index contributed by atoms with van der Waals surface area (Å²) in [6.07, 6.45) is 2.36. The van der Waals surface area contributed by atoms with Gasteiger partial charge in [-0.05, 0) is 30.5 Å². The van der Waals surface area contributed by atoms with Gasteiger partial charge in [-0.1, -0.05) is 12.1 Å². The fraction of sp³-hybridized carbons (Fsp3) is 0.455. The van der Waals surface area contributed by atoms with Crippen molar-refractivity contribution in [1.82, 2.24) is 5.32 Å². The van der Waals surface area contributed by atoms with Gasteiger partial charge in [-0.2, -0.15) is 0 Å². The van der Waals surface area contributed by atoms with Crippen LogP contribution in [0.5, 0.6) is 0 Å². The third kappa shape index (κ3) is 2.30. The molecule has 0 heterocycles. The van der Waals surface area contributed by atoms with Crippen molar-refractivity contribution in [3.63, 3.8) is 0 Å². The molecule has 1 aromatic rings. The number of aliphatic hydroxyl groups is 1. The van der Waals surface area contributed by atoms with Crippen molar-refractivity contribution < 1.29 is 9.50 Å². The Morgan fingerprint density at radius 3 is 2.50 bits per heavy atom. The van der Waals surface area contributed by atoms with E-state index < -0.39 is 0 Å². The van der Waals surface area contributed by atoms with E-state index in [0.717, 1.165) is 5.56 Å². The number of nitrogens with one attached hydrogen (secondary N) is 1. The van der Waals surface area contributed by atoms with E-state index in [1.165, 1.54) is 25.0 Å². The molecule has 0 spiro atoms. The van der Waals surface area contributed by atoms with Crippen molar-refractivity contribution in [1.29, 1.82) is 0 Å². The van der Waals surface area contributed by atoms with E-state index in [2.05, 4.69) is 5.32 Å². The maximum absolute atomic E-state index is 12.6. The Labute approximate surface area is 82.8 Å². The molecule has 0 amide bonds. The standard InChI is InChI=1S/C11H14FNO/c12-9-3-1-8(2-4-9)11(7-14)13-10-5-6-10/h1-4,10-11,13-14H,5-7H2. The normalized spacial score (nSPS) is 18.1. The Morgan fingerprint density at radius 2 is 2.00 bits per heavy atom. The Kier molecular flexibility index (Phi) is 2.79. The Morgan fingerprint density at radius 1 is 1.36 bits per heavy atom. The lowest BCUT2D eigenvalue weighted by atomic mass is 10.1. The molecule has 0 aliphatic heterocycles. The molecule has 3 heteroatoms. The number of benzene rings is 1. The van der Waals surface area contributed by atoms with Crippen molar-refractivity contribution in [2.75, 3.05) is 6.61 Å². The van der Waals surface area contributed by atoms with Crippen molar-refractivity contribution in [2.45, 2.75) is 24.9 Å². The molecule has 0 bridgehead atoms. The molecule has 1 atom stereocenters. The number of halogens is 1. The minimum absolute atomic E-state index is 0.0527. The second-order valence-electron chi connectivity index (χ2n) is 3.73. The van der Waals surface area contributed by atoms with Gasteiger partial charge in [0.25, 0.3) is 0 Å². The highest BCUT2D eigenvalue weighted by molar-refractivity contribution is 5.20. The number of hydrogen-bond acceptors (Lipinski definition) is 2. The van der Waals surface area contributed by atoms with Crippen LogP contribution in [0.2, 0.25) is 0 Å². The van der Waals surface area contributed by atoms with Gasteiger partial charge in [0.15, 0.2) is 0 Å². The number of rotatable bonds is 4. The first kappa shape index (κ1) is 9.62. The molecular formula is C11H14FNO. The SMILES string of the molecule is OCC(NC1CC1)c1ccc(F)cc1. The van der Waals surface area contributed by atoms with Crippen LogP contribution in [0.25, 0.3) is 0 Å². The zero-order valence-corrected chi connectivity index (χ0v) is 7.91. The van der Waals surface area contributed by atoms with Gasteiger partial charge in [-0.25, -0.2) is 4.39 Å². The van der Waals surface area contributed by atoms with Crippen LogP contribution in [0.15, 0.2) is 24.3 Å². The highest BCUT2D eigenvalue weighted by Crippen LogP contribution is 2.24. The van der Waals surface area contributed by atoms with Crippen LogP contribution in [0, 0.1) is 5.82 Å². The average Bonchev–Trinajstić information content (AvgIpc) is 3.00. The molecule has 1 saturated carbocycles. The van der Waals surface area contributed by atoms with E-state index in [0.29, 0.717) is 6.04 Å². The Balaban J connectivity index is 2.05. The molecule has 1 aromatic carbocycles. The van der Waals surface area contributed by atoms with Crippen molar-refractivity contribution >= 4 is 0 Å². The van der Waals surface area contributed by atoms with Crippen molar-refractivity contribution in [3.8, 4) is 0 Å². The van der Waals surface area contributed by atoms with Crippen molar-refractivity contribution in [2.24, 2.45) is 0 Å². The molecule has 2 N–H and O–H groups in total. The molecule has 1 fully saturated rings. The van der Waals surface area contributed by atoms with E-state index in [4.69, 9.17) is 5.11 Å². The summed E-state index contributed by atoms with van der Waals surface area (Å²) >= 11 is 0. The van der Waals surface area contributed by atoms with Gasteiger partial charge in [0.05, 0.1) is 12.6 Å². The van der Waals surface area contributed by atoms with Crippen LogP contribution < -0.4 is 5.32 Å². The third-order valence-electron chi connectivity index (χ3n) is 2.47. The zero-order chi connectivity index (χ0) is 9.97. The first-order valence-corrected chi connectivity index (χ1v) is 4.92. The summed E-state index contributed by atoms with van der Waals surface area (Å²) in [5.41, 5.74) is 0.945. The monoisotopic (exact) mass is 195 g/mol. The van der Waals surface area contributed by atoms with E-state index in [1.807, 2.05) is 0 Å². The summed E-state index contributed by atoms with van der Waals surface area (Å²) < 4.78 is 12.6. The highest BCUT2D eigenvalue weighted by atomic mass is 19.1. The molecule has 0 aromatic heterocycles. The summed E-state index contributed by atoms with van der Waals surface area (Å²) in [6, 6.07) is 6.76. The average molecular weight is 195 g/mol. The van der Waals surface area contributed by atoms with Gasteiger partial charge in [-0.3, -0.25) is 0 Å². The smallest absolute Gasteiger partial charge is 0.123 e. The van der Waals surface area contributed by atoms with Crippen LogP contribution in [0.4, 0.5) is 4.39 Å². The molecular weight excluding hydrogens is 181 g/mol. The molecule has 1 aliphatic carbocycles. The van der Waals surface area contributed by atoms with Gasteiger partial charge in [0, 0.05) is 6.04 Å². The highest BCUT2D eigenvalue weighted by Gasteiger charge is 2.24. The molecule has 2 nitrogen and oxygen atoms in total. The van der Waals surface area contributed by atoms with E-state index in [-0.39, 0.29) is 18.5 Å². The zero-order valence-electron chi connectivity index (χ0n) is 7.91. The van der Waals surface area contributed by atoms with Gasteiger partial charge in [-0.15, -0.1) is 0 Å². The summed E-state index contributed by atoms with van der Waals surface area (Å²) in [7, 11) is 0. The fourth-order valence-corrected chi connectivity index (χ4v) is 1.48. The summed E-state index contributed by atoms with van der Waals surface area (Å²) in [6.45, 7) is 0.0577. The molecule has 14 heavy (non-hydrogen) atoms. The van der Waals surface area contributed by atoms with Gasteiger partial charge in [0.1, 0.15) is 5.82 Å². The summed E-state index contributed by atoms with van der Waals surface area (Å²) in [5.74, 6) is -0.239. The van der Waals surface area contributed by atoms with Crippen LogP contribution in [0.3, 0.4) is 0 Å². The van der Waals surface area contributed by atoms with E-state index >= 15 is 0 Å². The number of hydrogen-bond donors (Lipinski definition) is 2. The van der Waals surface area contributed by atoms with E-state index in [9.17, 15) is 4.39 Å². The van der Waals surface area contributed by atoms with Crippen LogP contribution in [-0.4, -0.2) is 17.8 Å². The lowest BCUT2D eigenvalue weighted by Gasteiger charge is -2.15. The molecule has 1 unspecified atom stereocenters. The molecule has 0 radical (unpaired) electrons. The largest absolute Gasteiger partial charge is 0.394 e. The molecule has 2 rings (SSSR count). The summed E-state index contributed by atoms with van der Waals surface area (Å²) in [5, 5.41) is 12.5. The van der Waals surface area contributed by atoms with Gasteiger partial charge < -0.3 is 10.4 Å². The van der Waals surface area contributed by atoms with Crippen LogP contribution in [0.1, 0.15) is 24.4 Å². The lowest BCUT2D eigenvalue weighted by Crippen LogP contribution is -2.26. The molecule has 1 aliphatic rings. The maximum atomic E-state index is 12.6. The fourth-order valence-electron chi connectivity index (χ4n) is 1.48. The van der Waals surface area contributed by atoms with Gasteiger partial charge >= 0.3 is 0 Å². The van der Waals surface area contributed by atoms with Gasteiger partial charge in [0.2, 0.25) is 0 Å². The Bertz CT molecular complexity index is 295. The lowest BCUT2D eigenvalue weighted by molar-refractivity contribution is 0.243. The first-order valence-electron chi connectivity index (χ1n) is 4.92. The predicted octanol–water partition coefficient (Wildman–Crippen LogP) is 1.61. The quantitative estimate of drug-likeness (QED) is 0.765. The van der Waals surface area contributed by atoms with Crippen molar-refractivity contribution in [3.05, 3.63) is 35.6 Å². The van der Waals surface area contributed by atoms with Crippen LogP contribution in [-0.2, 0) is 0 Å². The first-order chi connectivity index (χ1) is 6.79. The molecule has 0 saturated heterocycles. The Hall–Kier alpha value is -0.930. The van der Waals surface area contributed by atoms with Crippen LogP contribution >= 0.6 is 0 Å². The maximum Gasteiger partial charge on any atom is 0.123 e. The summed E-state index contributed by atoms with van der Waals surface area (Å²) in [4.78, 5) is 0. The minimum atomic E-state index is -0.239. The predicted molar refractivity (Wildman–Crippen MR) is 52.4 cm³/mol. The minimum Gasteiger partial charge on any atom is -0.394 e. The number of aliphatic hydroxyl groups excluding tert-OH is 1. The molecule has 76 valence electrons. The van der Waals surface area contributed by atoms with E-state index in [1.54, 1.807) is 12.1 Å². The second-order valence-corrected chi connectivity index (χ2v) is 3.73. The second kappa shape index (κ2) is 4.07. The topological polar surface area (TPSA) is 32.3 Å². The third-order valence-corrected chi connectivity index (χ3v) is 2.47.